The molecule has 1 fully saturated rings. The third-order valence-corrected chi connectivity index (χ3v) is 5.67. The lowest BCUT2D eigenvalue weighted by Gasteiger charge is -2.37. The standard InChI is InChI=1S/C22H28BrN3O/c1-13-7-14(2)12-26(11-13)20-6-5-18(24)10-19(20)22(27)25-21-15(3)8-17(23)9-16(21)4/h5-6,8-10,13-14H,7,11-12,24H2,1-4H3,(H,25,27)/t13-,14+. The topological polar surface area (TPSA) is 58.4 Å². The Morgan fingerprint density at radius 1 is 1.11 bits per heavy atom. The molecule has 0 radical (unpaired) electrons. The Kier molecular flexibility index (Phi) is 5.80. The van der Waals surface area contributed by atoms with E-state index in [1.807, 2.05) is 38.1 Å². The molecular formula is C22H28BrN3O. The van der Waals surface area contributed by atoms with Crippen molar-refractivity contribution in [2.24, 2.45) is 11.8 Å². The van der Waals surface area contributed by atoms with Crippen LogP contribution < -0.4 is 16.0 Å². The molecule has 1 heterocycles. The molecule has 5 heteroatoms. The average molecular weight is 430 g/mol. The molecule has 1 saturated heterocycles. The number of aryl methyl sites for hydroxylation is 2. The predicted octanol–water partition coefficient (Wildman–Crippen LogP) is 5.38. The smallest absolute Gasteiger partial charge is 0.257 e. The van der Waals surface area contributed by atoms with Crippen LogP contribution in [0.2, 0.25) is 0 Å². The second-order valence-corrected chi connectivity index (χ2v) is 8.91. The van der Waals surface area contributed by atoms with E-state index < -0.39 is 0 Å². The zero-order chi connectivity index (χ0) is 19.7. The number of piperidine rings is 1. The van der Waals surface area contributed by atoms with Crippen molar-refractivity contribution in [2.45, 2.75) is 34.1 Å². The highest BCUT2D eigenvalue weighted by atomic mass is 79.9. The highest BCUT2D eigenvalue weighted by Gasteiger charge is 2.25. The van der Waals surface area contributed by atoms with E-state index in [1.165, 1.54) is 6.42 Å². The van der Waals surface area contributed by atoms with Gasteiger partial charge < -0.3 is 16.0 Å². The first-order valence-electron chi connectivity index (χ1n) is 9.47. The number of hydrogen-bond donors (Lipinski definition) is 2. The molecule has 2 atom stereocenters. The van der Waals surface area contributed by atoms with Gasteiger partial charge >= 0.3 is 0 Å². The van der Waals surface area contributed by atoms with Gasteiger partial charge in [0.05, 0.1) is 5.56 Å². The van der Waals surface area contributed by atoms with E-state index in [1.54, 1.807) is 6.07 Å². The number of anilines is 3. The predicted molar refractivity (Wildman–Crippen MR) is 118 cm³/mol. The number of benzene rings is 2. The molecule has 4 nitrogen and oxygen atoms in total. The van der Waals surface area contributed by atoms with Crippen LogP contribution in [0.4, 0.5) is 17.1 Å². The summed E-state index contributed by atoms with van der Waals surface area (Å²) < 4.78 is 1.01. The van der Waals surface area contributed by atoms with Gasteiger partial charge in [-0.3, -0.25) is 4.79 Å². The quantitative estimate of drug-likeness (QED) is 0.643. The van der Waals surface area contributed by atoms with Crippen LogP contribution in [0.5, 0.6) is 0 Å². The number of nitrogens with two attached hydrogens (primary N) is 1. The average Bonchev–Trinajstić information content (AvgIpc) is 2.56. The van der Waals surface area contributed by atoms with Crippen molar-refractivity contribution in [3.63, 3.8) is 0 Å². The third kappa shape index (κ3) is 4.46. The summed E-state index contributed by atoms with van der Waals surface area (Å²) >= 11 is 3.51. The Labute approximate surface area is 170 Å². The fraction of sp³-hybridized carbons (Fsp3) is 0.409. The molecular weight excluding hydrogens is 402 g/mol. The first-order valence-corrected chi connectivity index (χ1v) is 10.3. The van der Waals surface area contributed by atoms with Gasteiger partial charge in [0, 0.05) is 34.6 Å². The van der Waals surface area contributed by atoms with Crippen LogP contribution in [0, 0.1) is 25.7 Å². The maximum atomic E-state index is 13.2. The molecule has 1 aliphatic heterocycles. The molecule has 1 aliphatic rings. The number of amides is 1. The summed E-state index contributed by atoms with van der Waals surface area (Å²) in [5.74, 6) is 1.10. The molecule has 144 valence electrons. The summed E-state index contributed by atoms with van der Waals surface area (Å²) in [6.45, 7) is 10.5. The van der Waals surface area contributed by atoms with Crippen LogP contribution in [0.25, 0.3) is 0 Å². The second kappa shape index (κ2) is 7.93. The van der Waals surface area contributed by atoms with Gasteiger partial charge in [0.15, 0.2) is 0 Å². The molecule has 1 amide bonds. The molecule has 0 unspecified atom stereocenters. The largest absolute Gasteiger partial charge is 0.399 e. The highest BCUT2D eigenvalue weighted by Crippen LogP contribution is 2.32. The van der Waals surface area contributed by atoms with Crippen molar-refractivity contribution >= 4 is 38.9 Å². The fourth-order valence-corrected chi connectivity index (χ4v) is 4.85. The van der Waals surface area contributed by atoms with Crippen LogP contribution in [0.3, 0.4) is 0 Å². The Morgan fingerprint density at radius 3 is 2.30 bits per heavy atom. The number of carbonyl (C=O) groups is 1. The molecule has 27 heavy (non-hydrogen) atoms. The highest BCUT2D eigenvalue weighted by molar-refractivity contribution is 9.10. The summed E-state index contributed by atoms with van der Waals surface area (Å²) in [5.41, 5.74) is 11.1. The number of rotatable bonds is 3. The van der Waals surface area contributed by atoms with Crippen LogP contribution in [-0.2, 0) is 0 Å². The molecule has 2 aromatic carbocycles. The first-order chi connectivity index (χ1) is 12.7. The summed E-state index contributed by atoms with van der Waals surface area (Å²) in [6.07, 6.45) is 1.23. The van der Waals surface area contributed by atoms with Crippen LogP contribution in [0.1, 0.15) is 41.8 Å². The van der Waals surface area contributed by atoms with E-state index >= 15 is 0 Å². The molecule has 0 aromatic heterocycles. The summed E-state index contributed by atoms with van der Waals surface area (Å²) in [6, 6.07) is 9.67. The van der Waals surface area contributed by atoms with Crippen molar-refractivity contribution in [1.29, 1.82) is 0 Å². The van der Waals surface area contributed by atoms with E-state index in [0.29, 0.717) is 23.1 Å². The zero-order valence-corrected chi connectivity index (χ0v) is 18.1. The van der Waals surface area contributed by atoms with Crippen LogP contribution >= 0.6 is 15.9 Å². The van der Waals surface area contributed by atoms with Gasteiger partial charge in [-0.25, -0.2) is 0 Å². The van der Waals surface area contributed by atoms with Gasteiger partial charge in [0.1, 0.15) is 0 Å². The monoisotopic (exact) mass is 429 g/mol. The number of nitrogens with zero attached hydrogens (tertiary/aromatic N) is 1. The van der Waals surface area contributed by atoms with Crippen molar-refractivity contribution in [1.82, 2.24) is 0 Å². The summed E-state index contributed by atoms with van der Waals surface area (Å²) in [5, 5.41) is 3.11. The van der Waals surface area contributed by atoms with Gasteiger partial charge in [-0.2, -0.15) is 0 Å². The molecule has 3 rings (SSSR count). The van der Waals surface area contributed by atoms with Gasteiger partial charge in [0.2, 0.25) is 0 Å². The van der Waals surface area contributed by atoms with Gasteiger partial charge in [-0.15, -0.1) is 0 Å². The molecule has 0 spiro atoms. The molecule has 0 bridgehead atoms. The molecule has 0 saturated carbocycles. The lowest BCUT2D eigenvalue weighted by Crippen LogP contribution is -2.39. The van der Waals surface area contributed by atoms with E-state index in [9.17, 15) is 4.79 Å². The van der Waals surface area contributed by atoms with E-state index in [-0.39, 0.29) is 5.91 Å². The summed E-state index contributed by atoms with van der Waals surface area (Å²) in [4.78, 5) is 15.5. The molecule has 3 N–H and O–H groups in total. The maximum Gasteiger partial charge on any atom is 0.257 e. The normalized spacial score (nSPS) is 19.8. The van der Waals surface area contributed by atoms with Gasteiger partial charge in [-0.1, -0.05) is 29.8 Å². The van der Waals surface area contributed by atoms with Crippen molar-refractivity contribution < 1.29 is 4.79 Å². The number of carbonyl (C=O) groups excluding carboxylic acids is 1. The van der Waals surface area contributed by atoms with E-state index in [0.717, 1.165) is 40.1 Å². The van der Waals surface area contributed by atoms with E-state index in [4.69, 9.17) is 5.73 Å². The van der Waals surface area contributed by atoms with Gasteiger partial charge in [0.25, 0.3) is 5.91 Å². The van der Waals surface area contributed by atoms with Crippen molar-refractivity contribution in [3.8, 4) is 0 Å². The Hall–Kier alpha value is -2.01. The SMILES string of the molecule is Cc1cc(Br)cc(C)c1NC(=O)c1cc(N)ccc1N1C[C@H](C)C[C@H](C)C1. The minimum atomic E-state index is -0.114. The van der Waals surface area contributed by atoms with Crippen LogP contribution in [-0.4, -0.2) is 19.0 Å². The number of nitrogens with one attached hydrogen (secondary N) is 1. The van der Waals surface area contributed by atoms with Crippen LogP contribution in [0.15, 0.2) is 34.8 Å². The number of nitrogen functional groups attached to an aromatic ring is 1. The number of hydrogen-bond acceptors (Lipinski definition) is 3. The van der Waals surface area contributed by atoms with Gasteiger partial charge in [-0.05, 0) is 73.6 Å². The lowest BCUT2D eigenvalue weighted by atomic mass is 9.91. The first kappa shape index (κ1) is 19.7. The Balaban J connectivity index is 1.94. The Bertz CT molecular complexity index is 832. The van der Waals surface area contributed by atoms with Crippen molar-refractivity contribution in [3.05, 3.63) is 51.5 Å². The maximum absolute atomic E-state index is 13.2. The summed E-state index contributed by atoms with van der Waals surface area (Å²) in [7, 11) is 0. The number of halogens is 1. The lowest BCUT2D eigenvalue weighted by molar-refractivity contribution is 0.102. The third-order valence-electron chi connectivity index (χ3n) is 5.21. The molecule has 0 aliphatic carbocycles. The Morgan fingerprint density at radius 2 is 1.70 bits per heavy atom. The molecule has 2 aromatic rings. The van der Waals surface area contributed by atoms with Crippen molar-refractivity contribution in [2.75, 3.05) is 29.0 Å². The zero-order valence-electron chi connectivity index (χ0n) is 16.5. The fourth-order valence-electron chi connectivity index (χ4n) is 4.16. The van der Waals surface area contributed by atoms with E-state index in [2.05, 4.69) is 40.0 Å². The minimum Gasteiger partial charge on any atom is -0.399 e. The minimum absolute atomic E-state index is 0.114. The second-order valence-electron chi connectivity index (χ2n) is 8.00.